The Hall–Kier alpha value is -1.88. The van der Waals surface area contributed by atoms with Crippen LogP contribution in [0, 0.1) is 0 Å². The van der Waals surface area contributed by atoms with Gasteiger partial charge >= 0.3 is 0 Å². The van der Waals surface area contributed by atoms with Crippen LogP contribution in [0.15, 0.2) is 24.3 Å². The molecular formula is C13H17N3O2. The fraction of sp³-hybridized carbons (Fsp3) is 0.385. The van der Waals surface area contributed by atoms with Crippen LogP contribution in [0.1, 0.15) is 27.1 Å². The van der Waals surface area contributed by atoms with Gasteiger partial charge in [-0.15, -0.1) is 0 Å². The van der Waals surface area contributed by atoms with Crippen LogP contribution in [-0.4, -0.2) is 42.9 Å². The highest BCUT2D eigenvalue weighted by Crippen LogP contribution is 2.12. The van der Waals surface area contributed by atoms with Crippen LogP contribution in [0.5, 0.6) is 0 Å². The van der Waals surface area contributed by atoms with Crippen molar-refractivity contribution in [1.82, 2.24) is 10.2 Å². The average molecular weight is 247 g/mol. The van der Waals surface area contributed by atoms with Gasteiger partial charge in [-0.05, 0) is 37.2 Å². The molecule has 0 saturated carbocycles. The molecule has 1 aliphatic heterocycles. The first-order chi connectivity index (χ1) is 8.59. The zero-order valence-electron chi connectivity index (χ0n) is 10.3. The maximum Gasteiger partial charge on any atom is 0.253 e. The molecule has 96 valence electrons. The summed E-state index contributed by atoms with van der Waals surface area (Å²) in [7, 11) is 1.81. The van der Waals surface area contributed by atoms with Crippen LogP contribution in [0.25, 0.3) is 0 Å². The van der Waals surface area contributed by atoms with Gasteiger partial charge < -0.3 is 16.0 Å². The number of amides is 2. The molecule has 2 rings (SSSR count). The van der Waals surface area contributed by atoms with E-state index in [-0.39, 0.29) is 11.9 Å². The van der Waals surface area contributed by atoms with E-state index in [1.807, 2.05) is 7.05 Å². The number of primary amides is 1. The van der Waals surface area contributed by atoms with E-state index in [9.17, 15) is 9.59 Å². The van der Waals surface area contributed by atoms with Gasteiger partial charge in [0.15, 0.2) is 0 Å². The van der Waals surface area contributed by atoms with E-state index in [4.69, 9.17) is 5.73 Å². The Kier molecular flexibility index (Phi) is 3.62. The van der Waals surface area contributed by atoms with E-state index in [1.54, 1.807) is 29.2 Å². The lowest BCUT2D eigenvalue weighted by atomic mass is 10.1. The van der Waals surface area contributed by atoms with Crippen molar-refractivity contribution < 1.29 is 9.59 Å². The molecule has 1 unspecified atom stereocenters. The molecule has 1 saturated heterocycles. The molecule has 3 N–H and O–H groups in total. The topological polar surface area (TPSA) is 75.4 Å². The number of hydrogen-bond acceptors (Lipinski definition) is 3. The maximum atomic E-state index is 12.2. The highest BCUT2D eigenvalue weighted by Gasteiger charge is 2.23. The number of carbonyl (C=O) groups is 2. The molecule has 1 aromatic carbocycles. The second-order valence-corrected chi connectivity index (χ2v) is 4.50. The van der Waals surface area contributed by atoms with Gasteiger partial charge in [-0.1, -0.05) is 0 Å². The van der Waals surface area contributed by atoms with Gasteiger partial charge in [-0.3, -0.25) is 9.59 Å². The van der Waals surface area contributed by atoms with Crippen molar-refractivity contribution in [3.8, 4) is 0 Å². The maximum absolute atomic E-state index is 12.2. The second-order valence-electron chi connectivity index (χ2n) is 4.50. The minimum atomic E-state index is -0.484. The van der Waals surface area contributed by atoms with E-state index >= 15 is 0 Å². The molecule has 18 heavy (non-hydrogen) atoms. The number of nitrogens with one attached hydrogen (secondary N) is 1. The van der Waals surface area contributed by atoms with Crippen molar-refractivity contribution in [3.63, 3.8) is 0 Å². The summed E-state index contributed by atoms with van der Waals surface area (Å²) in [6, 6.07) is 6.68. The van der Waals surface area contributed by atoms with Crippen molar-refractivity contribution in [2.24, 2.45) is 5.73 Å². The van der Waals surface area contributed by atoms with E-state index < -0.39 is 5.91 Å². The van der Waals surface area contributed by atoms with Crippen LogP contribution in [0.4, 0.5) is 0 Å². The molecule has 0 bridgehead atoms. The predicted molar refractivity (Wildman–Crippen MR) is 68.3 cm³/mol. The largest absolute Gasteiger partial charge is 0.366 e. The fourth-order valence-electron chi connectivity index (χ4n) is 2.12. The Labute approximate surface area is 106 Å². The number of nitrogens with two attached hydrogens (primary N) is 1. The monoisotopic (exact) mass is 247 g/mol. The van der Waals surface area contributed by atoms with E-state index in [0.717, 1.165) is 19.5 Å². The molecule has 0 spiro atoms. The van der Waals surface area contributed by atoms with E-state index in [2.05, 4.69) is 5.32 Å². The molecular weight excluding hydrogens is 230 g/mol. The van der Waals surface area contributed by atoms with E-state index in [0.29, 0.717) is 11.1 Å². The standard InChI is InChI=1S/C13H17N3O2/c1-16(11-6-7-15-8-11)13(18)10-4-2-9(3-5-10)12(14)17/h2-5,11,15H,6-8H2,1H3,(H2,14,17). The molecule has 1 atom stereocenters. The summed E-state index contributed by atoms with van der Waals surface area (Å²) < 4.78 is 0. The molecule has 1 aliphatic rings. The van der Waals surface area contributed by atoms with Crippen molar-refractivity contribution in [3.05, 3.63) is 35.4 Å². The summed E-state index contributed by atoms with van der Waals surface area (Å²) in [6.07, 6.45) is 0.974. The summed E-state index contributed by atoms with van der Waals surface area (Å²) in [5.41, 5.74) is 6.15. The number of benzene rings is 1. The molecule has 0 radical (unpaired) electrons. The third kappa shape index (κ3) is 2.51. The second kappa shape index (κ2) is 5.18. The third-order valence-corrected chi connectivity index (χ3v) is 3.32. The SMILES string of the molecule is CN(C(=O)c1ccc(C(N)=O)cc1)C1CCNC1. The Morgan fingerprint density at radius 3 is 2.39 bits per heavy atom. The minimum absolute atomic E-state index is 0.0280. The lowest BCUT2D eigenvalue weighted by molar-refractivity contribution is 0.0743. The third-order valence-electron chi connectivity index (χ3n) is 3.32. The van der Waals surface area contributed by atoms with E-state index in [1.165, 1.54) is 0 Å². The molecule has 1 aromatic rings. The lowest BCUT2D eigenvalue weighted by Crippen LogP contribution is -2.38. The lowest BCUT2D eigenvalue weighted by Gasteiger charge is -2.23. The number of likely N-dealkylation sites (N-methyl/N-ethyl adjacent to an activating group) is 1. The summed E-state index contributed by atoms with van der Waals surface area (Å²) in [6.45, 7) is 1.78. The number of nitrogens with zero attached hydrogens (tertiary/aromatic N) is 1. The number of rotatable bonds is 3. The van der Waals surface area contributed by atoms with Gasteiger partial charge in [0.05, 0.1) is 0 Å². The summed E-state index contributed by atoms with van der Waals surface area (Å²) in [5.74, 6) is -0.512. The zero-order chi connectivity index (χ0) is 13.1. The Morgan fingerprint density at radius 2 is 1.89 bits per heavy atom. The first kappa shape index (κ1) is 12.6. The quantitative estimate of drug-likeness (QED) is 0.802. The summed E-state index contributed by atoms with van der Waals surface area (Å²) >= 11 is 0. The van der Waals surface area contributed by atoms with Crippen LogP contribution in [-0.2, 0) is 0 Å². The molecule has 5 nitrogen and oxygen atoms in total. The molecule has 0 aromatic heterocycles. The van der Waals surface area contributed by atoms with Crippen molar-refractivity contribution in [2.75, 3.05) is 20.1 Å². The Morgan fingerprint density at radius 1 is 1.28 bits per heavy atom. The average Bonchev–Trinajstić information content (AvgIpc) is 2.91. The smallest absolute Gasteiger partial charge is 0.253 e. The predicted octanol–water partition coefficient (Wildman–Crippen LogP) is 0.219. The van der Waals surface area contributed by atoms with Crippen molar-refractivity contribution >= 4 is 11.8 Å². The van der Waals surface area contributed by atoms with Gasteiger partial charge in [0, 0.05) is 30.8 Å². The van der Waals surface area contributed by atoms with Crippen LogP contribution >= 0.6 is 0 Å². The highest BCUT2D eigenvalue weighted by atomic mass is 16.2. The van der Waals surface area contributed by atoms with Crippen LogP contribution < -0.4 is 11.1 Å². The zero-order valence-corrected chi connectivity index (χ0v) is 10.3. The van der Waals surface area contributed by atoms with Crippen molar-refractivity contribution in [2.45, 2.75) is 12.5 Å². The van der Waals surface area contributed by atoms with Gasteiger partial charge in [0.2, 0.25) is 5.91 Å². The molecule has 1 fully saturated rings. The Balaban J connectivity index is 2.10. The normalized spacial score (nSPS) is 18.6. The first-order valence-corrected chi connectivity index (χ1v) is 5.97. The Bertz CT molecular complexity index is 450. The van der Waals surface area contributed by atoms with Gasteiger partial charge in [0.1, 0.15) is 0 Å². The van der Waals surface area contributed by atoms with Crippen molar-refractivity contribution in [1.29, 1.82) is 0 Å². The van der Waals surface area contributed by atoms with Gasteiger partial charge in [-0.2, -0.15) is 0 Å². The fourth-order valence-corrected chi connectivity index (χ4v) is 2.12. The van der Waals surface area contributed by atoms with Crippen LogP contribution in [0.3, 0.4) is 0 Å². The summed E-state index contributed by atoms with van der Waals surface area (Å²) in [5, 5.41) is 3.23. The molecule has 1 heterocycles. The van der Waals surface area contributed by atoms with Gasteiger partial charge in [0.25, 0.3) is 5.91 Å². The summed E-state index contributed by atoms with van der Waals surface area (Å²) in [4.78, 5) is 24.9. The van der Waals surface area contributed by atoms with Gasteiger partial charge in [-0.25, -0.2) is 0 Å². The first-order valence-electron chi connectivity index (χ1n) is 5.97. The molecule has 0 aliphatic carbocycles. The number of hydrogen-bond donors (Lipinski definition) is 2. The van der Waals surface area contributed by atoms with Crippen LogP contribution in [0.2, 0.25) is 0 Å². The number of carbonyl (C=O) groups excluding carboxylic acids is 2. The molecule has 5 heteroatoms. The minimum Gasteiger partial charge on any atom is -0.366 e. The molecule has 2 amide bonds. The highest BCUT2D eigenvalue weighted by molar-refractivity contribution is 5.97.